The molecule has 0 atom stereocenters. The highest BCUT2D eigenvalue weighted by Gasteiger charge is 1.96. The third-order valence-corrected chi connectivity index (χ3v) is 3.58. The van der Waals surface area contributed by atoms with Crippen LogP contribution >= 0.6 is 0 Å². The molecule has 0 saturated heterocycles. The van der Waals surface area contributed by atoms with Gasteiger partial charge in [-0.1, -0.05) is 77.0 Å². The molecule has 0 saturated carbocycles. The van der Waals surface area contributed by atoms with E-state index in [9.17, 15) is 4.79 Å². The number of hydrogen-bond donors (Lipinski definition) is 0. The van der Waals surface area contributed by atoms with Gasteiger partial charge in [-0.3, -0.25) is 0 Å². The fraction of sp³-hybridized carbons (Fsp3) is 0.737. The molecule has 0 heterocycles. The van der Waals surface area contributed by atoms with Gasteiger partial charge < -0.3 is 4.74 Å². The summed E-state index contributed by atoms with van der Waals surface area (Å²) in [6.07, 6.45) is 21.1. The van der Waals surface area contributed by atoms with E-state index in [1.807, 2.05) is 0 Å². The van der Waals surface area contributed by atoms with Crippen molar-refractivity contribution >= 4 is 5.97 Å². The number of ether oxygens (including phenoxy) is 1. The van der Waals surface area contributed by atoms with Crippen molar-refractivity contribution in [3.8, 4) is 0 Å². The molecule has 0 aromatic heterocycles. The number of carbonyl (C=O) groups excluding carboxylic acids is 1. The molecule has 0 aliphatic carbocycles. The number of rotatable bonds is 15. The normalized spacial score (nSPS) is 10.9. The molecule has 0 N–H and O–H groups in total. The summed E-state index contributed by atoms with van der Waals surface area (Å²) in [4.78, 5) is 10.8. The Kier molecular flexibility index (Phi) is 16.2. The molecule has 0 fully saturated rings. The van der Waals surface area contributed by atoms with Gasteiger partial charge in [-0.15, -0.1) is 0 Å². The number of hydrogen-bond acceptors (Lipinski definition) is 2. The van der Waals surface area contributed by atoms with Crippen LogP contribution in [0.4, 0.5) is 0 Å². The average molecular weight is 294 g/mol. The van der Waals surface area contributed by atoms with Gasteiger partial charge in [0.15, 0.2) is 0 Å². The molecule has 2 heteroatoms. The summed E-state index contributed by atoms with van der Waals surface area (Å²) in [5.74, 6) is -0.305. The molecule has 0 rings (SSSR count). The summed E-state index contributed by atoms with van der Waals surface area (Å²) in [7, 11) is 0. The minimum absolute atomic E-state index is 0.305. The van der Waals surface area contributed by atoms with E-state index in [1.165, 1.54) is 63.9 Å². The Hall–Kier alpha value is -1.05. The van der Waals surface area contributed by atoms with Crippen LogP contribution in [0.2, 0.25) is 0 Å². The van der Waals surface area contributed by atoms with Gasteiger partial charge in [0.05, 0.1) is 6.61 Å². The molecule has 0 radical (unpaired) electrons. The monoisotopic (exact) mass is 294 g/mol. The third-order valence-electron chi connectivity index (χ3n) is 3.58. The predicted molar refractivity (Wildman–Crippen MR) is 91.4 cm³/mol. The number of unbranched alkanes of at least 4 members (excludes halogenated alkanes) is 10. The van der Waals surface area contributed by atoms with Gasteiger partial charge in [0.25, 0.3) is 0 Å². The zero-order valence-electron chi connectivity index (χ0n) is 13.9. The third kappa shape index (κ3) is 16.9. The van der Waals surface area contributed by atoms with E-state index < -0.39 is 0 Å². The first-order valence-corrected chi connectivity index (χ1v) is 8.75. The summed E-state index contributed by atoms with van der Waals surface area (Å²) < 4.78 is 4.94. The minimum atomic E-state index is -0.305. The molecule has 0 bridgehead atoms. The highest BCUT2D eigenvalue weighted by Crippen LogP contribution is 2.11. The van der Waals surface area contributed by atoms with Crippen molar-refractivity contribution in [2.24, 2.45) is 0 Å². The first-order chi connectivity index (χ1) is 10.3. The Labute approximate surface area is 131 Å². The average Bonchev–Trinajstić information content (AvgIpc) is 2.50. The van der Waals surface area contributed by atoms with Crippen molar-refractivity contribution in [3.05, 3.63) is 24.8 Å². The van der Waals surface area contributed by atoms with Crippen molar-refractivity contribution in [1.82, 2.24) is 0 Å². The molecule has 0 aliphatic heterocycles. The topological polar surface area (TPSA) is 26.3 Å². The van der Waals surface area contributed by atoms with Gasteiger partial charge in [-0.25, -0.2) is 4.79 Å². The maximum atomic E-state index is 10.8. The molecule has 2 nitrogen and oxygen atoms in total. The van der Waals surface area contributed by atoms with E-state index in [2.05, 4.69) is 25.7 Å². The van der Waals surface area contributed by atoms with Crippen LogP contribution in [0.25, 0.3) is 0 Å². The maximum Gasteiger partial charge on any atom is 0.330 e. The molecule has 0 amide bonds. The second-order valence-electron chi connectivity index (χ2n) is 5.58. The fourth-order valence-electron chi connectivity index (χ4n) is 2.29. The Morgan fingerprint density at radius 3 is 1.90 bits per heavy atom. The van der Waals surface area contributed by atoms with Crippen LogP contribution in [0.15, 0.2) is 24.8 Å². The number of allylic oxidation sites excluding steroid dienone is 2. The molecular formula is C19H34O2. The molecule has 0 spiro atoms. The SMILES string of the molecule is C=CC(=O)OCCCCCCCCCCCC/C=C/CC. The summed E-state index contributed by atoms with van der Waals surface area (Å²) in [6.45, 7) is 6.10. The Bertz CT molecular complexity index is 269. The van der Waals surface area contributed by atoms with E-state index in [4.69, 9.17) is 4.74 Å². The second-order valence-corrected chi connectivity index (χ2v) is 5.58. The summed E-state index contributed by atoms with van der Waals surface area (Å²) >= 11 is 0. The van der Waals surface area contributed by atoms with Crippen LogP contribution in [0.1, 0.15) is 84.0 Å². The van der Waals surface area contributed by atoms with Crippen LogP contribution in [0.5, 0.6) is 0 Å². The zero-order chi connectivity index (χ0) is 15.6. The Morgan fingerprint density at radius 2 is 1.38 bits per heavy atom. The second kappa shape index (κ2) is 17.0. The van der Waals surface area contributed by atoms with Crippen LogP contribution in [-0.4, -0.2) is 12.6 Å². The van der Waals surface area contributed by atoms with E-state index in [0.717, 1.165) is 19.3 Å². The first-order valence-electron chi connectivity index (χ1n) is 8.75. The van der Waals surface area contributed by atoms with Gasteiger partial charge >= 0.3 is 5.97 Å². The van der Waals surface area contributed by atoms with E-state index in [0.29, 0.717) is 6.61 Å². The molecule has 0 aromatic carbocycles. The summed E-state index contributed by atoms with van der Waals surface area (Å²) in [5.41, 5.74) is 0. The van der Waals surface area contributed by atoms with Crippen molar-refractivity contribution in [1.29, 1.82) is 0 Å². The molecule has 21 heavy (non-hydrogen) atoms. The molecule has 0 aromatic rings. The molecule has 0 aliphatic rings. The standard InChI is InChI=1S/C19H34O2/c1-3-5-6-7-8-9-10-11-12-13-14-15-16-17-18-21-19(20)4-2/h4-6H,2-3,7-18H2,1H3/b6-5+. The first kappa shape index (κ1) is 19.9. The summed E-state index contributed by atoms with van der Waals surface area (Å²) in [6, 6.07) is 0. The predicted octanol–water partition coefficient (Wildman–Crippen LogP) is 5.97. The quantitative estimate of drug-likeness (QED) is 0.161. The maximum absolute atomic E-state index is 10.8. The number of carbonyl (C=O) groups is 1. The van der Waals surface area contributed by atoms with Crippen LogP contribution in [0.3, 0.4) is 0 Å². The largest absolute Gasteiger partial charge is 0.463 e. The van der Waals surface area contributed by atoms with Crippen molar-refractivity contribution < 1.29 is 9.53 Å². The van der Waals surface area contributed by atoms with E-state index >= 15 is 0 Å². The lowest BCUT2D eigenvalue weighted by molar-refractivity contribution is -0.137. The molecular weight excluding hydrogens is 260 g/mol. The van der Waals surface area contributed by atoms with Crippen molar-refractivity contribution in [2.75, 3.05) is 6.61 Å². The summed E-state index contributed by atoms with van der Waals surface area (Å²) in [5, 5.41) is 0. The van der Waals surface area contributed by atoms with Crippen molar-refractivity contribution in [3.63, 3.8) is 0 Å². The Morgan fingerprint density at radius 1 is 0.857 bits per heavy atom. The Balaban J connectivity index is 3.04. The number of esters is 1. The van der Waals surface area contributed by atoms with E-state index in [-0.39, 0.29) is 5.97 Å². The minimum Gasteiger partial charge on any atom is -0.463 e. The van der Waals surface area contributed by atoms with E-state index in [1.54, 1.807) is 0 Å². The molecule has 0 unspecified atom stereocenters. The van der Waals surface area contributed by atoms with Gasteiger partial charge in [-0.2, -0.15) is 0 Å². The van der Waals surface area contributed by atoms with Gasteiger partial charge in [0.1, 0.15) is 0 Å². The van der Waals surface area contributed by atoms with Crippen LogP contribution in [0, 0.1) is 0 Å². The van der Waals surface area contributed by atoms with Crippen molar-refractivity contribution in [2.45, 2.75) is 84.0 Å². The smallest absolute Gasteiger partial charge is 0.330 e. The highest BCUT2D eigenvalue weighted by molar-refractivity contribution is 5.81. The van der Waals surface area contributed by atoms with Gasteiger partial charge in [0.2, 0.25) is 0 Å². The lowest BCUT2D eigenvalue weighted by atomic mass is 10.1. The zero-order valence-corrected chi connectivity index (χ0v) is 13.9. The van der Waals surface area contributed by atoms with Gasteiger partial charge in [-0.05, 0) is 25.7 Å². The van der Waals surface area contributed by atoms with Gasteiger partial charge in [0, 0.05) is 6.08 Å². The lowest BCUT2D eigenvalue weighted by Gasteiger charge is -2.03. The van der Waals surface area contributed by atoms with Crippen LogP contribution in [-0.2, 0) is 9.53 Å². The fourth-order valence-corrected chi connectivity index (χ4v) is 2.29. The highest BCUT2D eigenvalue weighted by atomic mass is 16.5. The van der Waals surface area contributed by atoms with Crippen LogP contribution < -0.4 is 0 Å². The lowest BCUT2D eigenvalue weighted by Crippen LogP contribution is -2.01. The molecule has 122 valence electrons.